The summed E-state index contributed by atoms with van der Waals surface area (Å²) in [4.78, 5) is 10.7. The van der Waals surface area contributed by atoms with E-state index < -0.39 is 16.2 Å². The number of aliphatic carboxylic acids is 1. The lowest BCUT2D eigenvalue weighted by atomic mass is 10.2. The van der Waals surface area contributed by atoms with Crippen molar-refractivity contribution in [2.24, 2.45) is 0 Å². The van der Waals surface area contributed by atoms with Gasteiger partial charge >= 0.3 is 0 Å². The number of carboxylic acid groups (broad SMARTS) is 1. The van der Waals surface area contributed by atoms with E-state index in [1.165, 1.54) is 0 Å². The maximum absolute atomic E-state index is 10.7. The minimum Gasteiger partial charge on any atom is -0.550 e. The number of nitrogens with zero attached hydrogens (tertiary/aromatic N) is 1. The summed E-state index contributed by atoms with van der Waals surface area (Å²) < 4.78 is 39.1. The quantitative estimate of drug-likeness (QED) is 0.498. The average molecular weight is 352 g/mol. The number of carbonyl (C=O) groups excluding carboxylic acids is 1. The molecule has 0 aliphatic heterocycles. The molecule has 1 aromatic carbocycles. The van der Waals surface area contributed by atoms with E-state index in [1.54, 1.807) is 0 Å². The van der Waals surface area contributed by atoms with Gasteiger partial charge in [-0.3, -0.25) is 0 Å². The molecule has 0 unspecified atom stereocenters. The summed E-state index contributed by atoms with van der Waals surface area (Å²) in [5.41, 5.74) is 1.04. The predicted molar refractivity (Wildman–Crippen MR) is 69.8 cm³/mol. The van der Waals surface area contributed by atoms with Crippen molar-refractivity contribution in [1.82, 2.24) is 0 Å². The number of rotatable bonds is 7. The molecule has 0 aliphatic carbocycles. The number of ether oxygens (including phenoxy) is 1. The Bertz CT molecular complexity index is 450. The molecule has 0 aromatic heterocycles. The molecular weight excluding hydrogens is 330 g/mol. The highest BCUT2D eigenvalue weighted by molar-refractivity contribution is 5.64. The van der Waals surface area contributed by atoms with Crippen LogP contribution < -0.4 is 19.1 Å². The molecule has 0 radical (unpaired) electrons. The van der Waals surface area contributed by atoms with Crippen LogP contribution >= 0.6 is 0 Å². The van der Waals surface area contributed by atoms with Gasteiger partial charge in [-0.05, 0) is 5.56 Å². The minimum atomic E-state index is -4.69. The average Bonchev–Trinajstić information content (AvgIpc) is 2.32. The third-order valence-electron chi connectivity index (χ3n) is 2.47. The number of likely N-dealkylation sites (N-methyl/N-ethyl adjacent to an activating group) is 1. The van der Waals surface area contributed by atoms with Crippen molar-refractivity contribution in [3.05, 3.63) is 35.9 Å². The van der Waals surface area contributed by atoms with E-state index in [0.29, 0.717) is 17.6 Å². The zero-order valence-corrected chi connectivity index (χ0v) is 14.1. The second-order valence-electron chi connectivity index (χ2n) is 5.86. The van der Waals surface area contributed by atoms with Gasteiger partial charge in [0.1, 0.15) is 12.6 Å². The monoisotopic (exact) mass is 351 g/mol. The molecule has 23 heavy (non-hydrogen) atoms. The molecule has 1 atom stereocenters. The Morgan fingerprint density at radius 1 is 1.22 bits per heavy atom. The molecule has 0 fully saturated rings. The first-order chi connectivity index (χ1) is 10.4. The standard InChI is InChI=1S/C14H21NO3.ClHO4/c1-15(2,3)10-13(9-14(16)17)18-11-12-7-5-4-6-8-12;2-1(3,4)5/h4-8,13H,9-11H2,1-3H3;(H,2,3,4,5)/t13-;/m1./s1. The van der Waals surface area contributed by atoms with Gasteiger partial charge in [0.15, 0.2) is 0 Å². The van der Waals surface area contributed by atoms with Crippen molar-refractivity contribution < 1.29 is 48.0 Å². The van der Waals surface area contributed by atoms with Crippen LogP contribution in [0.5, 0.6) is 0 Å². The summed E-state index contributed by atoms with van der Waals surface area (Å²) in [5, 5.41) is 10.7. The number of hydrogen-bond acceptors (Lipinski definition) is 7. The third kappa shape index (κ3) is 16.9. The van der Waals surface area contributed by atoms with E-state index in [0.717, 1.165) is 5.56 Å². The largest absolute Gasteiger partial charge is 0.550 e. The highest BCUT2D eigenvalue weighted by atomic mass is 35.7. The fourth-order valence-corrected chi connectivity index (χ4v) is 1.76. The van der Waals surface area contributed by atoms with Gasteiger partial charge in [-0.1, -0.05) is 30.3 Å². The van der Waals surface area contributed by atoms with Crippen molar-refractivity contribution in [3.8, 4) is 0 Å². The van der Waals surface area contributed by atoms with E-state index in [-0.39, 0.29) is 12.5 Å². The van der Waals surface area contributed by atoms with Crippen LogP contribution in [0.15, 0.2) is 30.3 Å². The first-order valence-corrected chi connectivity index (χ1v) is 7.92. The van der Waals surface area contributed by atoms with Crippen molar-refractivity contribution in [3.63, 3.8) is 0 Å². The molecule has 0 spiro atoms. The van der Waals surface area contributed by atoms with E-state index in [2.05, 4.69) is 0 Å². The second kappa shape index (κ2) is 9.78. The Morgan fingerprint density at radius 2 is 1.70 bits per heavy atom. The van der Waals surface area contributed by atoms with Gasteiger partial charge in [-0.25, -0.2) is 0 Å². The molecule has 8 nitrogen and oxygen atoms in total. The van der Waals surface area contributed by atoms with Crippen LogP contribution in [0.4, 0.5) is 0 Å². The van der Waals surface area contributed by atoms with Gasteiger partial charge in [0, 0.05) is 12.4 Å². The fraction of sp³-hybridized carbons (Fsp3) is 0.500. The number of carbonyl (C=O) groups is 1. The molecule has 9 heteroatoms. The van der Waals surface area contributed by atoms with Crippen LogP contribution in [0.25, 0.3) is 0 Å². The Balaban J connectivity index is 0.000000841. The van der Waals surface area contributed by atoms with E-state index in [1.807, 2.05) is 51.5 Å². The topological polar surface area (TPSA) is 139 Å². The number of halogens is 1. The maximum atomic E-state index is 10.7. The SMILES string of the molecule is C[N+](C)(C)C[C@@H](CC(=O)[O-])OCc1ccccc1.[O-][Cl+3]([O-])([O-])O. The van der Waals surface area contributed by atoms with Gasteiger partial charge in [0.25, 0.3) is 0 Å². The van der Waals surface area contributed by atoms with E-state index >= 15 is 0 Å². The molecule has 0 amide bonds. The first kappa shape index (κ1) is 21.7. The molecule has 1 N–H and O–H groups in total. The Kier molecular flexibility index (Phi) is 9.25. The molecule has 0 heterocycles. The molecule has 1 aromatic rings. The smallest absolute Gasteiger partial charge is 0.112 e. The van der Waals surface area contributed by atoms with Crippen molar-refractivity contribution in [2.45, 2.75) is 19.1 Å². The summed E-state index contributed by atoms with van der Waals surface area (Å²) in [7, 11) is 1.33. The lowest BCUT2D eigenvalue weighted by Crippen LogP contribution is -2.58. The van der Waals surface area contributed by atoms with Crippen molar-refractivity contribution in [1.29, 1.82) is 0 Å². The van der Waals surface area contributed by atoms with Crippen molar-refractivity contribution in [2.75, 3.05) is 27.7 Å². The summed E-state index contributed by atoms with van der Waals surface area (Å²) in [6.07, 6.45) is -0.391. The van der Waals surface area contributed by atoms with Crippen LogP contribution in [-0.2, 0) is 16.1 Å². The molecule has 0 saturated heterocycles. The van der Waals surface area contributed by atoms with Crippen LogP contribution in [-0.4, -0.2) is 48.9 Å². The minimum absolute atomic E-state index is 0.0671. The van der Waals surface area contributed by atoms with Crippen LogP contribution in [0.2, 0.25) is 0 Å². The molecule has 0 saturated carbocycles. The molecule has 132 valence electrons. The second-order valence-corrected chi connectivity index (χ2v) is 6.66. The molecule has 1 rings (SSSR count). The zero-order chi connectivity index (χ0) is 18.1. The van der Waals surface area contributed by atoms with Gasteiger partial charge in [-0.2, -0.15) is 14.0 Å². The Hall–Kier alpha value is -1.26. The van der Waals surface area contributed by atoms with Crippen LogP contribution in [0, 0.1) is 10.2 Å². The third-order valence-corrected chi connectivity index (χ3v) is 2.47. The lowest BCUT2D eigenvalue weighted by Gasteiger charge is -2.29. The van der Waals surface area contributed by atoms with E-state index in [9.17, 15) is 9.90 Å². The summed E-state index contributed by atoms with van der Waals surface area (Å²) in [6, 6.07) is 9.73. The number of hydrogen-bond donors (Lipinski definition) is 1. The Morgan fingerprint density at radius 3 is 2.09 bits per heavy atom. The van der Waals surface area contributed by atoms with Crippen LogP contribution in [0.1, 0.15) is 12.0 Å². The fourth-order valence-electron chi connectivity index (χ4n) is 1.76. The van der Waals surface area contributed by atoms with Gasteiger partial charge in [0.2, 0.25) is 0 Å². The molecule has 0 aliphatic rings. The van der Waals surface area contributed by atoms with Gasteiger partial charge in [0.05, 0.1) is 42.7 Å². The summed E-state index contributed by atoms with van der Waals surface area (Å²) >= 11 is 0. The van der Waals surface area contributed by atoms with Crippen LogP contribution in [0.3, 0.4) is 0 Å². The maximum Gasteiger partial charge on any atom is 0.112 e. The number of quaternary nitrogens is 1. The highest BCUT2D eigenvalue weighted by Gasteiger charge is 2.19. The molecule has 0 bridgehead atoms. The molecular formula is C14H22ClNO7. The predicted octanol–water partition coefficient (Wildman–Crippen LogP) is -3.71. The van der Waals surface area contributed by atoms with Gasteiger partial charge < -0.3 is 19.1 Å². The van der Waals surface area contributed by atoms with E-state index in [4.69, 9.17) is 23.4 Å². The van der Waals surface area contributed by atoms with Crippen molar-refractivity contribution >= 4 is 5.97 Å². The summed E-state index contributed by atoms with van der Waals surface area (Å²) in [5.74, 6) is -1.07. The lowest BCUT2D eigenvalue weighted by molar-refractivity contribution is -1.92. The normalized spacial score (nSPS) is 13.0. The number of carboxylic acids is 1. The Labute approximate surface area is 137 Å². The zero-order valence-electron chi connectivity index (χ0n) is 13.3. The number of benzene rings is 1. The summed E-state index contributed by atoms with van der Waals surface area (Å²) in [6.45, 7) is 1.07. The first-order valence-electron chi connectivity index (χ1n) is 6.66. The highest BCUT2D eigenvalue weighted by Crippen LogP contribution is 2.08. The van der Waals surface area contributed by atoms with Gasteiger partial charge in [-0.15, -0.1) is 0 Å².